The number of likely N-dealkylation sites (tertiary alicyclic amines) is 1. The summed E-state index contributed by atoms with van der Waals surface area (Å²) in [6.45, 7) is 1.56. The second-order valence-electron chi connectivity index (χ2n) is 26.7. The Labute approximate surface area is 665 Å². The zero-order valence-corrected chi connectivity index (χ0v) is 64.7. The molecule has 24 N–H and O–H groups in total. The number of carbonyl (C=O) groups is 23. The molecule has 0 saturated carbocycles. The van der Waals surface area contributed by atoms with E-state index in [4.69, 9.17) is 15.6 Å². The summed E-state index contributed by atoms with van der Waals surface area (Å²) in [6.07, 6.45) is -13.0. The number of likely N-dealkylation sites (N-methyl/N-ethyl adjacent to an activating group) is 1. The molecule has 1 aliphatic rings. The fourth-order valence-corrected chi connectivity index (χ4v) is 11.4. The third-order valence-corrected chi connectivity index (χ3v) is 17.6. The van der Waals surface area contributed by atoms with Crippen LogP contribution in [0.15, 0.2) is 0 Å². The molecule has 48 nitrogen and oxygen atoms in total. The SMILES string of the molecule is CNC(=O)[C@H](CSC)NC(=O)CNC(=O)[C@@H](CC(C)C)NC(=O)[C@@H]1CCCN1C(=O)COCCNC(=O)[C@@H](CCC(=O)O)NC(=O)[C@@H](CCC(=O)O)NC(=O)[C@@H](CCC(=O)O)NC(=O)[C@@H](CCC(=O)O)NC(=O)[C@@H](CCC(=O)O)NC(=O)[C@@H](CCC(=O)O)NC(=O)[C@@H](CCC(=O)O)NC(=O)[C@@H](CCC(=O)O)NC(=O)[C@H](N)CCC(=O)O. The molecular weight excluding hydrogens is 1570 g/mol. The van der Waals surface area contributed by atoms with Gasteiger partial charge in [-0.3, -0.25) is 110 Å². The quantitative estimate of drug-likeness (QED) is 0.0252. The molecule has 1 fully saturated rings. The molecule has 0 radical (unpaired) electrons. The molecule has 12 atom stereocenters. The van der Waals surface area contributed by atoms with Crippen molar-refractivity contribution in [2.24, 2.45) is 11.7 Å². The summed E-state index contributed by atoms with van der Waals surface area (Å²) in [6, 6.07) is -21.1. The van der Waals surface area contributed by atoms with Crippen LogP contribution in [0.2, 0.25) is 0 Å². The first kappa shape index (κ1) is 102. The van der Waals surface area contributed by atoms with Gasteiger partial charge >= 0.3 is 53.7 Å². The first-order valence-electron chi connectivity index (χ1n) is 36.3. The van der Waals surface area contributed by atoms with E-state index in [1.165, 1.54) is 23.7 Å². The molecule has 14 amide bonds. The zero-order chi connectivity index (χ0) is 88.1. The van der Waals surface area contributed by atoms with Crippen molar-refractivity contribution in [3.05, 3.63) is 0 Å². The third-order valence-electron chi connectivity index (χ3n) is 16.9. The topological polar surface area (TPSA) is 770 Å². The lowest BCUT2D eigenvalue weighted by Crippen LogP contribution is -2.60. The standard InChI is InChI=1S/C67H103N15O33S/c1-32(2)28-42(59(106)71-29-45(83)72-43(31-116-4)57(104)69-3)81-67(114)44-6-5-26-82(44)46(84)30-115-27-25-70-58(105)34(8-17-48(87)88)74-61(108)36(10-19-50(91)92)76-63(110)38(12-21-52(95)96)78-65(112)40(14-23-54(99)100)80-66(113)41(15-24-55(101)102)79-64(111)39(13-22-53(97)98)77-62(109)37(11-20-51(93)94)75-60(107)35(9-18-49(89)90)73-56(103)33(68)7-16-47(85)86/h32-44H,5-31,68H2,1-4H3,(H,69,104)(H,70,105)(H,71,106)(H,72,83)(H,73,103)(H,74,108)(H,75,107)(H,76,110)(H,77,109)(H,78,112)(H,79,111)(H,80,113)(H,81,114)(H,85,86)(H,87,88)(H,89,90)(H,91,92)(H,93,94)(H,95,96)(H,97,98)(H,99,100)(H,101,102)/t33-,34-,35-,36-,37-,38-,39-,40-,41-,42-,43+,44+/m1/s1. The molecule has 0 bridgehead atoms. The van der Waals surface area contributed by atoms with Crippen molar-refractivity contribution >= 4 is 148 Å². The van der Waals surface area contributed by atoms with Crippen LogP contribution in [0.1, 0.15) is 149 Å². The van der Waals surface area contributed by atoms with E-state index >= 15 is 0 Å². The lowest BCUT2D eigenvalue weighted by atomic mass is 10.0. The van der Waals surface area contributed by atoms with Crippen molar-refractivity contribution in [3.8, 4) is 0 Å². The Hall–Kier alpha value is -11.9. The largest absolute Gasteiger partial charge is 0.481 e. The van der Waals surface area contributed by atoms with Crippen LogP contribution in [0, 0.1) is 5.92 Å². The first-order chi connectivity index (χ1) is 54.4. The molecule has 1 heterocycles. The Morgan fingerprint density at radius 1 is 0.388 bits per heavy atom. The number of aliphatic carboxylic acids is 9. The average Bonchev–Trinajstić information content (AvgIpc) is 1.59. The number of thioether (sulfide) groups is 1. The van der Waals surface area contributed by atoms with E-state index < -0.39 is 351 Å². The van der Waals surface area contributed by atoms with Crippen LogP contribution in [0.3, 0.4) is 0 Å². The fraction of sp³-hybridized carbons (Fsp3) is 0.657. The number of nitrogens with two attached hydrogens (primary N) is 1. The molecule has 0 aliphatic carbocycles. The Kier molecular flexibility index (Phi) is 47.5. The van der Waals surface area contributed by atoms with Gasteiger partial charge < -0.3 is 130 Å². The molecule has 0 spiro atoms. The van der Waals surface area contributed by atoms with Crippen molar-refractivity contribution in [2.45, 2.75) is 221 Å². The van der Waals surface area contributed by atoms with Crippen LogP contribution < -0.4 is 74.9 Å². The van der Waals surface area contributed by atoms with Crippen LogP contribution in [0.5, 0.6) is 0 Å². The van der Waals surface area contributed by atoms with Gasteiger partial charge in [0.05, 0.1) is 19.2 Å². The summed E-state index contributed by atoms with van der Waals surface area (Å²) in [5.41, 5.74) is 5.73. The number of nitrogens with zero attached hydrogens (tertiary/aromatic N) is 1. The van der Waals surface area contributed by atoms with E-state index in [1.807, 2.05) is 5.32 Å². The molecule has 0 unspecified atom stereocenters. The van der Waals surface area contributed by atoms with Gasteiger partial charge in [0.25, 0.3) is 0 Å². The third kappa shape index (κ3) is 42.3. The average molecular weight is 1680 g/mol. The van der Waals surface area contributed by atoms with Crippen molar-refractivity contribution < 1.29 is 161 Å². The van der Waals surface area contributed by atoms with Crippen molar-refractivity contribution in [2.75, 3.05) is 51.9 Å². The number of amides is 14. The van der Waals surface area contributed by atoms with Gasteiger partial charge in [-0.1, -0.05) is 13.8 Å². The highest BCUT2D eigenvalue weighted by atomic mass is 32.2. The predicted molar refractivity (Wildman–Crippen MR) is 393 cm³/mol. The van der Waals surface area contributed by atoms with Crippen LogP contribution in [0.4, 0.5) is 0 Å². The number of hydrogen-bond acceptors (Lipinski definition) is 26. The first-order valence-corrected chi connectivity index (χ1v) is 37.7. The number of ether oxygens (including phenoxy) is 1. The summed E-state index contributed by atoms with van der Waals surface area (Å²) >= 11 is 1.30. The van der Waals surface area contributed by atoms with Gasteiger partial charge in [-0.2, -0.15) is 11.8 Å². The van der Waals surface area contributed by atoms with Crippen molar-refractivity contribution in [1.82, 2.24) is 74.0 Å². The zero-order valence-electron chi connectivity index (χ0n) is 63.9. The minimum absolute atomic E-state index is 0.0866. The van der Waals surface area contributed by atoms with Crippen LogP contribution >= 0.6 is 11.8 Å². The molecule has 1 saturated heterocycles. The summed E-state index contributed by atoms with van der Waals surface area (Å²) < 4.78 is 5.47. The maximum atomic E-state index is 14.2. The molecule has 49 heteroatoms. The molecule has 1 rings (SSSR count). The van der Waals surface area contributed by atoms with E-state index in [1.54, 1.807) is 20.1 Å². The van der Waals surface area contributed by atoms with E-state index in [0.717, 1.165) is 0 Å². The molecule has 650 valence electrons. The number of nitrogens with one attached hydrogen (secondary N) is 13. The molecule has 0 aromatic rings. The Balaban J connectivity index is 3.53. The number of carboxylic acid groups (broad SMARTS) is 9. The minimum atomic E-state index is -2.18. The van der Waals surface area contributed by atoms with E-state index in [-0.39, 0.29) is 31.1 Å². The normalized spacial score (nSPS) is 15.1. The Morgan fingerprint density at radius 3 is 0.991 bits per heavy atom. The lowest BCUT2D eigenvalue weighted by Gasteiger charge is -2.28. The number of carboxylic acids is 9. The molecule has 0 aromatic heterocycles. The second-order valence-corrected chi connectivity index (χ2v) is 27.6. The maximum absolute atomic E-state index is 14.2. The summed E-state index contributed by atoms with van der Waals surface area (Å²) in [5, 5.41) is 115. The van der Waals surface area contributed by atoms with Crippen LogP contribution in [-0.2, 0) is 115 Å². The van der Waals surface area contributed by atoms with Gasteiger partial charge in [-0.05, 0) is 89.2 Å². The molecule has 116 heavy (non-hydrogen) atoms. The van der Waals surface area contributed by atoms with Crippen LogP contribution in [-0.4, -0.2) is 312 Å². The summed E-state index contributed by atoms with van der Waals surface area (Å²) in [4.78, 5) is 297. The monoisotopic (exact) mass is 1680 g/mol. The summed E-state index contributed by atoms with van der Waals surface area (Å²) in [5.74, 6) is -29.9. The lowest BCUT2D eigenvalue weighted by molar-refractivity contribution is -0.142. The van der Waals surface area contributed by atoms with E-state index in [0.29, 0.717) is 6.42 Å². The van der Waals surface area contributed by atoms with Crippen molar-refractivity contribution in [3.63, 3.8) is 0 Å². The highest BCUT2D eigenvalue weighted by Crippen LogP contribution is 2.20. The minimum Gasteiger partial charge on any atom is -0.481 e. The second kappa shape index (κ2) is 54.0. The molecule has 1 aliphatic heterocycles. The van der Waals surface area contributed by atoms with Gasteiger partial charge in [0.15, 0.2) is 0 Å². The Bertz CT molecular complexity index is 3530. The van der Waals surface area contributed by atoms with Crippen molar-refractivity contribution in [1.29, 1.82) is 0 Å². The highest BCUT2D eigenvalue weighted by Gasteiger charge is 2.39. The highest BCUT2D eigenvalue weighted by molar-refractivity contribution is 7.98. The van der Waals surface area contributed by atoms with Gasteiger partial charge in [0, 0.05) is 83.7 Å². The van der Waals surface area contributed by atoms with Gasteiger partial charge in [-0.15, -0.1) is 0 Å². The van der Waals surface area contributed by atoms with Crippen LogP contribution in [0.25, 0.3) is 0 Å². The number of carbonyl (C=O) groups excluding carboxylic acids is 14. The molecule has 0 aromatic carbocycles. The number of hydrogen-bond donors (Lipinski definition) is 23. The predicted octanol–water partition coefficient (Wildman–Crippen LogP) is -7.66. The summed E-state index contributed by atoms with van der Waals surface area (Å²) in [7, 11) is 1.39. The van der Waals surface area contributed by atoms with E-state index in [2.05, 4.69) is 63.8 Å². The maximum Gasteiger partial charge on any atom is 0.303 e. The smallest absolute Gasteiger partial charge is 0.303 e. The van der Waals surface area contributed by atoms with Gasteiger partial charge in [-0.25, -0.2) is 0 Å². The number of rotatable bonds is 60. The van der Waals surface area contributed by atoms with E-state index in [9.17, 15) is 151 Å². The Morgan fingerprint density at radius 2 is 0.690 bits per heavy atom. The van der Waals surface area contributed by atoms with Gasteiger partial charge in [0.1, 0.15) is 73.1 Å². The molecular formula is C67H103N15O33S. The van der Waals surface area contributed by atoms with Gasteiger partial charge in [0.2, 0.25) is 82.7 Å². The fourth-order valence-electron chi connectivity index (χ4n) is 10.9.